The average Bonchev–Trinajstić information content (AvgIpc) is 3.43. The van der Waals surface area contributed by atoms with E-state index in [1.165, 1.54) is 12.3 Å². The molecule has 1 aliphatic rings. The summed E-state index contributed by atoms with van der Waals surface area (Å²) in [6, 6.07) is 8.04. The van der Waals surface area contributed by atoms with Gasteiger partial charge in [0.2, 0.25) is 12.7 Å². The predicted octanol–water partition coefficient (Wildman–Crippen LogP) is 2.85. The van der Waals surface area contributed by atoms with E-state index in [4.69, 9.17) is 9.47 Å². The Morgan fingerprint density at radius 3 is 2.84 bits per heavy atom. The van der Waals surface area contributed by atoms with Gasteiger partial charge < -0.3 is 14.8 Å². The second kappa shape index (κ2) is 7.96. The minimum Gasteiger partial charge on any atom is -0.454 e. The fraction of sp³-hybridized carbons (Fsp3) is 0.100. The zero-order chi connectivity index (χ0) is 22.2. The van der Waals surface area contributed by atoms with Crippen LogP contribution < -0.4 is 20.3 Å². The summed E-state index contributed by atoms with van der Waals surface area (Å²) in [7, 11) is 0. The number of fused-ring (bicyclic) bond motifs is 2. The number of thioether (sulfide) groups is 1. The number of aromatic amines is 1. The van der Waals surface area contributed by atoms with E-state index >= 15 is 0 Å². The van der Waals surface area contributed by atoms with Crippen LogP contribution in [0.15, 0.2) is 52.5 Å². The number of anilines is 1. The Hall–Kier alpha value is -3.93. The molecule has 2 N–H and O–H groups in total. The first-order chi connectivity index (χ1) is 15.5. The van der Waals surface area contributed by atoms with Crippen molar-refractivity contribution in [3.8, 4) is 17.2 Å². The fourth-order valence-corrected chi connectivity index (χ4v) is 3.93. The largest absolute Gasteiger partial charge is 0.454 e. The van der Waals surface area contributed by atoms with Gasteiger partial charge in [0.25, 0.3) is 5.56 Å². The van der Waals surface area contributed by atoms with E-state index in [1.807, 2.05) is 0 Å². The highest BCUT2D eigenvalue weighted by Crippen LogP contribution is 2.34. The maximum absolute atomic E-state index is 13.8. The van der Waals surface area contributed by atoms with Crippen LogP contribution in [0, 0.1) is 11.6 Å². The lowest BCUT2D eigenvalue weighted by Crippen LogP contribution is -2.22. The van der Waals surface area contributed by atoms with Gasteiger partial charge in [0.05, 0.1) is 17.6 Å². The number of ether oxygens (including phenoxy) is 2. The van der Waals surface area contributed by atoms with Crippen molar-refractivity contribution in [3.05, 3.63) is 64.6 Å². The van der Waals surface area contributed by atoms with Crippen LogP contribution in [-0.4, -0.2) is 38.2 Å². The molecule has 0 aliphatic carbocycles. The van der Waals surface area contributed by atoms with E-state index in [-0.39, 0.29) is 40.3 Å². The van der Waals surface area contributed by atoms with Crippen molar-refractivity contribution in [2.45, 2.75) is 5.16 Å². The van der Waals surface area contributed by atoms with Crippen LogP contribution in [0.1, 0.15) is 0 Å². The molecule has 0 bridgehead atoms. The number of carbonyl (C=O) groups is 1. The van der Waals surface area contributed by atoms with Gasteiger partial charge >= 0.3 is 0 Å². The Morgan fingerprint density at radius 1 is 1.16 bits per heavy atom. The molecule has 5 rings (SSSR count). The smallest absolute Gasteiger partial charge is 0.269 e. The molecule has 2 aromatic carbocycles. The van der Waals surface area contributed by atoms with E-state index in [1.54, 1.807) is 18.2 Å². The maximum Gasteiger partial charge on any atom is 0.269 e. The number of hydrogen-bond donors (Lipinski definition) is 2. The van der Waals surface area contributed by atoms with Crippen LogP contribution in [0.3, 0.4) is 0 Å². The topological polar surface area (TPSA) is 111 Å². The van der Waals surface area contributed by atoms with Gasteiger partial charge in [-0.25, -0.2) is 13.8 Å². The van der Waals surface area contributed by atoms with Crippen molar-refractivity contribution in [2.75, 3.05) is 17.9 Å². The standard InChI is InChI=1S/C20H13F2N5O4S/c21-13-3-2-11(6-14(13)22)27-19(29)12-7-23-26-18(12)25-20(27)32-8-17(28)24-10-1-4-15-16(5-10)31-9-30-15/h1-7H,8-9H2,(H,23,26)(H,24,28). The third-order valence-electron chi connectivity index (χ3n) is 4.60. The minimum absolute atomic E-state index is 0.0724. The molecule has 32 heavy (non-hydrogen) atoms. The molecule has 2 aromatic heterocycles. The van der Waals surface area contributed by atoms with Crippen molar-refractivity contribution < 1.29 is 23.0 Å². The molecule has 3 heterocycles. The highest BCUT2D eigenvalue weighted by Gasteiger charge is 2.18. The second-order valence-electron chi connectivity index (χ2n) is 6.67. The summed E-state index contributed by atoms with van der Waals surface area (Å²) < 4.78 is 38.8. The van der Waals surface area contributed by atoms with Crippen LogP contribution in [0.25, 0.3) is 16.7 Å². The molecule has 162 valence electrons. The number of nitrogens with one attached hydrogen (secondary N) is 2. The first-order valence-electron chi connectivity index (χ1n) is 9.23. The molecular weight excluding hydrogens is 444 g/mol. The van der Waals surface area contributed by atoms with Gasteiger partial charge in [-0.05, 0) is 24.3 Å². The van der Waals surface area contributed by atoms with Crippen molar-refractivity contribution in [1.82, 2.24) is 19.7 Å². The number of hydrogen-bond acceptors (Lipinski definition) is 7. The molecule has 0 saturated carbocycles. The molecule has 0 saturated heterocycles. The van der Waals surface area contributed by atoms with Crippen LogP contribution in [0.5, 0.6) is 11.5 Å². The summed E-state index contributed by atoms with van der Waals surface area (Å²) in [5.74, 6) is -1.53. The van der Waals surface area contributed by atoms with E-state index in [0.29, 0.717) is 17.2 Å². The molecular formula is C20H13F2N5O4S. The average molecular weight is 457 g/mol. The summed E-state index contributed by atoms with van der Waals surface area (Å²) >= 11 is 0.957. The van der Waals surface area contributed by atoms with Crippen LogP contribution in [0.4, 0.5) is 14.5 Å². The lowest BCUT2D eigenvalue weighted by molar-refractivity contribution is -0.113. The SMILES string of the molecule is O=C(CSc1nc2[nH]ncc2c(=O)n1-c1ccc(F)c(F)c1)Nc1ccc2c(c1)OCO2. The number of amides is 1. The fourth-order valence-electron chi connectivity index (χ4n) is 3.12. The molecule has 1 aliphatic heterocycles. The molecule has 4 aromatic rings. The summed E-state index contributed by atoms with van der Waals surface area (Å²) in [6.07, 6.45) is 1.29. The van der Waals surface area contributed by atoms with Crippen molar-refractivity contribution in [1.29, 1.82) is 0 Å². The Balaban J connectivity index is 1.42. The van der Waals surface area contributed by atoms with Gasteiger partial charge in [-0.2, -0.15) is 5.10 Å². The number of rotatable bonds is 5. The van der Waals surface area contributed by atoms with Gasteiger partial charge in [-0.15, -0.1) is 0 Å². The quantitative estimate of drug-likeness (QED) is 0.350. The van der Waals surface area contributed by atoms with Gasteiger partial charge in [-0.1, -0.05) is 11.8 Å². The number of carbonyl (C=O) groups excluding carboxylic acids is 1. The van der Waals surface area contributed by atoms with Crippen LogP contribution in [-0.2, 0) is 4.79 Å². The summed E-state index contributed by atoms with van der Waals surface area (Å²) in [6.45, 7) is 0.117. The summed E-state index contributed by atoms with van der Waals surface area (Å²) in [5.41, 5.74) is 0.263. The Kier molecular flexibility index (Phi) is 4.98. The highest BCUT2D eigenvalue weighted by molar-refractivity contribution is 7.99. The number of nitrogens with zero attached hydrogens (tertiary/aromatic N) is 3. The Morgan fingerprint density at radius 2 is 2.00 bits per heavy atom. The molecule has 0 fully saturated rings. The van der Waals surface area contributed by atoms with E-state index in [0.717, 1.165) is 28.5 Å². The predicted molar refractivity (Wildman–Crippen MR) is 111 cm³/mol. The molecule has 0 spiro atoms. The van der Waals surface area contributed by atoms with Crippen LogP contribution >= 0.6 is 11.8 Å². The lowest BCUT2D eigenvalue weighted by Gasteiger charge is -2.12. The third kappa shape index (κ3) is 3.64. The summed E-state index contributed by atoms with van der Waals surface area (Å²) in [4.78, 5) is 29.8. The maximum atomic E-state index is 13.8. The minimum atomic E-state index is -1.11. The Labute approximate surface area is 182 Å². The van der Waals surface area contributed by atoms with E-state index < -0.39 is 17.2 Å². The molecule has 0 unspecified atom stereocenters. The number of aromatic nitrogens is 4. The normalized spacial score (nSPS) is 12.3. The molecule has 9 nitrogen and oxygen atoms in total. The molecule has 0 atom stereocenters. The van der Waals surface area contributed by atoms with E-state index in [9.17, 15) is 18.4 Å². The number of halogens is 2. The Bertz CT molecular complexity index is 1420. The molecule has 1 amide bonds. The third-order valence-corrected chi connectivity index (χ3v) is 5.54. The van der Waals surface area contributed by atoms with Gasteiger partial charge in [0, 0.05) is 17.8 Å². The van der Waals surface area contributed by atoms with Gasteiger partial charge in [0.1, 0.15) is 5.39 Å². The number of benzene rings is 2. The van der Waals surface area contributed by atoms with Crippen LogP contribution in [0.2, 0.25) is 0 Å². The first kappa shape index (κ1) is 20.0. The van der Waals surface area contributed by atoms with Gasteiger partial charge in [0.15, 0.2) is 33.9 Å². The monoisotopic (exact) mass is 457 g/mol. The summed E-state index contributed by atoms with van der Waals surface area (Å²) in [5, 5.41) is 9.41. The zero-order valence-electron chi connectivity index (χ0n) is 16.1. The molecule has 0 radical (unpaired) electrons. The first-order valence-corrected chi connectivity index (χ1v) is 10.2. The molecule has 12 heteroatoms. The van der Waals surface area contributed by atoms with Crippen molar-refractivity contribution in [2.24, 2.45) is 0 Å². The lowest BCUT2D eigenvalue weighted by atomic mass is 10.3. The van der Waals surface area contributed by atoms with Crippen molar-refractivity contribution in [3.63, 3.8) is 0 Å². The van der Waals surface area contributed by atoms with E-state index in [2.05, 4.69) is 20.5 Å². The number of H-pyrrole nitrogens is 1. The highest BCUT2D eigenvalue weighted by atomic mass is 32.2. The van der Waals surface area contributed by atoms with Gasteiger partial charge in [-0.3, -0.25) is 19.3 Å². The van der Waals surface area contributed by atoms with Crippen molar-refractivity contribution >= 4 is 34.4 Å². The zero-order valence-corrected chi connectivity index (χ0v) is 16.9. The second-order valence-corrected chi connectivity index (χ2v) is 7.61.